The minimum atomic E-state index is -3.20. The van der Waals surface area contributed by atoms with E-state index in [2.05, 4.69) is 22.8 Å². The smallest absolute Gasteiger partial charge is 0.315 e. The van der Waals surface area contributed by atoms with Crippen molar-refractivity contribution < 1.29 is 13.2 Å². The summed E-state index contributed by atoms with van der Waals surface area (Å²) < 4.78 is 24.9. The number of fused-ring (bicyclic) bond motifs is 1. The van der Waals surface area contributed by atoms with E-state index < -0.39 is 10.0 Å². The lowest BCUT2D eigenvalue weighted by Gasteiger charge is -2.23. The van der Waals surface area contributed by atoms with Crippen molar-refractivity contribution in [3.05, 3.63) is 35.4 Å². The van der Waals surface area contributed by atoms with Gasteiger partial charge in [-0.05, 0) is 36.8 Å². The summed E-state index contributed by atoms with van der Waals surface area (Å²) in [5.74, 6) is 0. The van der Waals surface area contributed by atoms with Gasteiger partial charge in [-0.3, -0.25) is 0 Å². The van der Waals surface area contributed by atoms with E-state index in [1.54, 1.807) is 0 Å². The maximum Gasteiger partial charge on any atom is 0.315 e. The summed E-state index contributed by atoms with van der Waals surface area (Å²) >= 11 is 0. The van der Waals surface area contributed by atoms with E-state index in [4.69, 9.17) is 0 Å². The van der Waals surface area contributed by atoms with Gasteiger partial charge in [0.1, 0.15) is 0 Å². The van der Waals surface area contributed by atoms with Crippen LogP contribution in [0.15, 0.2) is 24.3 Å². The third kappa shape index (κ3) is 3.84. The maximum absolute atomic E-state index is 12.1. The van der Waals surface area contributed by atoms with Crippen molar-refractivity contribution in [3.63, 3.8) is 0 Å². The highest BCUT2D eigenvalue weighted by Gasteiger charge is 2.31. The molecule has 23 heavy (non-hydrogen) atoms. The van der Waals surface area contributed by atoms with E-state index in [1.165, 1.54) is 21.7 Å². The fraction of sp³-hybridized carbons (Fsp3) is 0.562. The van der Waals surface area contributed by atoms with Crippen LogP contribution in [0.4, 0.5) is 4.79 Å². The standard InChI is InChI=1S/C16H23N3O3S/c1-23(21,22)19-8-4-7-15(19)11-17-16(20)18-14-9-12-5-2-3-6-13(12)10-14/h2-3,5-6,14-15H,4,7-11H2,1H3,(H2,17,18,20)/t15-/m1/s1. The zero-order valence-electron chi connectivity index (χ0n) is 13.3. The van der Waals surface area contributed by atoms with Crippen molar-refractivity contribution in [1.82, 2.24) is 14.9 Å². The molecule has 7 heteroatoms. The third-order valence-electron chi connectivity index (χ3n) is 4.63. The topological polar surface area (TPSA) is 78.5 Å². The summed E-state index contributed by atoms with van der Waals surface area (Å²) in [6.45, 7) is 0.906. The number of carbonyl (C=O) groups is 1. The predicted octanol–water partition coefficient (Wildman–Crippen LogP) is 0.877. The molecule has 0 spiro atoms. The van der Waals surface area contributed by atoms with Crippen LogP contribution in [0.1, 0.15) is 24.0 Å². The van der Waals surface area contributed by atoms with Gasteiger partial charge in [0.25, 0.3) is 0 Å². The Labute approximate surface area is 137 Å². The lowest BCUT2D eigenvalue weighted by Crippen LogP contribution is -2.48. The highest BCUT2D eigenvalue weighted by atomic mass is 32.2. The first-order valence-corrected chi connectivity index (χ1v) is 9.86. The zero-order valence-corrected chi connectivity index (χ0v) is 14.1. The number of rotatable bonds is 4. The molecule has 0 unspecified atom stereocenters. The fourth-order valence-electron chi connectivity index (χ4n) is 3.56. The fourth-order valence-corrected chi connectivity index (χ4v) is 4.74. The maximum atomic E-state index is 12.1. The number of hydrogen-bond acceptors (Lipinski definition) is 3. The van der Waals surface area contributed by atoms with E-state index in [0.717, 1.165) is 25.7 Å². The SMILES string of the molecule is CS(=O)(=O)N1CCC[C@@H]1CNC(=O)NC1Cc2ccccc2C1. The van der Waals surface area contributed by atoms with Gasteiger partial charge in [-0.2, -0.15) is 4.31 Å². The number of nitrogens with zero attached hydrogens (tertiary/aromatic N) is 1. The van der Waals surface area contributed by atoms with Crippen molar-refractivity contribution in [3.8, 4) is 0 Å². The van der Waals surface area contributed by atoms with Crippen LogP contribution in [0, 0.1) is 0 Å². The van der Waals surface area contributed by atoms with Crippen molar-refractivity contribution in [2.75, 3.05) is 19.3 Å². The molecule has 1 fully saturated rings. The minimum absolute atomic E-state index is 0.113. The van der Waals surface area contributed by atoms with Gasteiger partial charge in [0.2, 0.25) is 10.0 Å². The quantitative estimate of drug-likeness (QED) is 0.856. The average molecular weight is 337 g/mol. The normalized spacial score (nSPS) is 22.0. The first-order valence-electron chi connectivity index (χ1n) is 8.01. The van der Waals surface area contributed by atoms with E-state index in [1.807, 2.05) is 12.1 Å². The van der Waals surface area contributed by atoms with Gasteiger partial charge in [0, 0.05) is 25.2 Å². The second-order valence-electron chi connectivity index (χ2n) is 6.40. The molecular formula is C16H23N3O3S. The van der Waals surface area contributed by atoms with Gasteiger partial charge >= 0.3 is 6.03 Å². The molecule has 2 aliphatic rings. The molecule has 3 rings (SSSR count). The van der Waals surface area contributed by atoms with Crippen LogP contribution in [-0.2, 0) is 22.9 Å². The Bertz CT molecular complexity index is 665. The number of hydrogen-bond donors (Lipinski definition) is 2. The summed E-state index contributed by atoms with van der Waals surface area (Å²) in [6, 6.07) is 7.98. The number of urea groups is 1. The molecular weight excluding hydrogens is 314 g/mol. The average Bonchev–Trinajstić information content (AvgIpc) is 3.10. The van der Waals surface area contributed by atoms with Crippen molar-refractivity contribution in [1.29, 1.82) is 0 Å². The Morgan fingerprint density at radius 3 is 2.52 bits per heavy atom. The first-order chi connectivity index (χ1) is 10.9. The van der Waals surface area contributed by atoms with E-state index in [-0.39, 0.29) is 18.1 Å². The molecule has 1 aliphatic heterocycles. The number of carbonyl (C=O) groups excluding carboxylic acids is 1. The number of benzene rings is 1. The van der Waals surface area contributed by atoms with Gasteiger partial charge in [0.05, 0.1) is 6.26 Å². The van der Waals surface area contributed by atoms with Gasteiger partial charge in [-0.15, -0.1) is 0 Å². The molecule has 2 amide bonds. The van der Waals surface area contributed by atoms with Crippen LogP contribution in [-0.4, -0.2) is 50.2 Å². The largest absolute Gasteiger partial charge is 0.337 e. The van der Waals surface area contributed by atoms with E-state index >= 15 is 0 Å². The van der Waals surface area contributed by atoms with Crippen LogP contribution >= 0.6 is 0 Å². The summed E-state index contributed by atoms with van der Waals surface area (Å²) in [5.41, 5.74) is 2.58. The molecule has 1 heterocycles. The van der Waals surface area contributed by atoms with Crippen LogP contribution < -0.4 is 10.6 Å². The van der Waals surface area contributed by atoms with Crippen LogP contribution in [0.2, 0.25) is 0 Å². The molecule has 126 valence electrons. The molecule has 6 nitrogen and oxygen atoms in total. The number of sulfonamides is 1. The zero-order chi connectivity index (χ0) is 16.4. The molecule has 2 N–H and O–H groups in total. The number of nitrogens with one attached hydrogen (secondary N) is 2. The Kier molecular flexibility index (Phi) is 4.59. The van der Waals surface area contributed by atoms with Gasteiger partial charge in [-0.25, -0.2) is 13.2 Å². The second-order valence-corrected chi connectivity index (χ2v) is 8.33. The van der Waals surface area contributed by atoms with Crippen LogP contribution in [0.25, 0.3) is 0 Å². The molecule has 0 radical (unpaired) electrons. The predicted molar refractivity (Wildman–Crippen MR) is 88.7 cm³/mol. The highest BCUT2D eigenvalue weighted by molar-refractivity contribution is 7.88. The molecule has 0 bridgehead atoms. The summed E-state index contributed by atoms with van der Waals surface area (Å²) in [4.78, 5) is 12.1. The van der Waals surface area contributed by atoms with Gasteiger partial charge in [-0.1, -0.05) is 24.3 Å². The summed E-state index contributed by atoms with van der Waals surface area (Å²) in [6.07, 6.45) is 4.56. The summed E-state index contributed by atoms with van der Waals surface area (Å²) in [5, 5.41) is 5.81. The van der Waals surface area contributed by atoms with Crippen molar-refractivity contribution in [2.45, 2.75) is 37.8 Å². The van der Waals surface area contributed by atoms with Crippen molar-refractivity contribution >= 4 is 16.1 Å². The van der Waals surface area contributed by atoms with Crippen LogP contribution in [0.3, 0.4) is 0 Å². The number of amides is 2. The molecule has 0 saturated carbocycles. The Hall–Kier alpha value is -1.60. The van der Waals surface area contributed by atoms with Crippen LogP contribution in [0.5, 0.6) is 0 Å². The Morgan fingerprint density at radius 1 is 1.26 bits per heavy atom. The Balaban J connectivity index is 1.48. The molecule has 0 aromatic heterocycles. The molecule has 1 aromatic carbocycles. The molecule has 1 saturated heterocycles. The molecule has 1 atom stereocenters. The lowest BCUT2D eigenvalue weighted by molar-refractivity contribution is 0.234. The minimum Gasteiger partial charge on any atom is -0.337 e. The van der Waals surface area contributed by atoms with Crippen molar-refractivity contribution in [2.24, 2.45) is 0 Å². The monoisotopic (exact) mass is 337 g/mol. The van der Waals surface area contributed by atoms with Gasteiger partial charge in [0.15, 0.2) is 0 Å². The Morgan fingerprint density at radius 2 is 1.91 bits per heavy atom. The summed E-state index contributed by atoms with van der Waals surface area (Å²) in [7, 11) is -3.20. The van der Waals surface area contributed by atoms with E-state index in [0.29, 0.717) is 13.1 Å². The molecule has 1 aromatic rings. The lowest BCUT2D eigenvalue weighted by atomic mass is 10.1. The third-order valence-corrected chi connectivity index (χ3v) is 5.97. The second kappa shape index (κ2) is 6.49. The van der Waals surface area contributed by atoms with E-state index in [9.17, 15) is 13.2 Å². The molecule has 1 aliphatic carbocycles. The highest BCUT2D eigenvalue weighted by Crippen LogP contribution is 2.22. The first kappa shape index (κ1) is 16.3. The van der Waals surface area contributed by atoms with Gasteiger partial charge < -0.3 is 10.6 Å².